The minimum Gasteiger partial charge on any atom is -0.454 e. The molecule has 0 spiro atoms. The molecule has 1 heterocycles. The van der Waals surface area contributed by atoms with Crippen molar-refractivity contribution in [1.82, 2.24) is 5.32 Å². The molecule has 3 rings (SSSR count). The van der Waals surface area contributed by atoms with Gasteiger partial charge in [-0.3, -0.25) is 9.59 Å². The van der Waals surface area contributed by atoms with E-state index in [1.807, 2.05) is 20.8 Å². The Balaban J connectivity index is 1.52. The lowest BCUT2D eigenvalue weighted by molar-refractivity contribution is -0.125. The van der Waals surface area contributed by atoms with Gasteiger partial charge in [0.1, 0.15) is 0 Å². The first-order chi connectivity index (χ1) is 15.3. The maximum Gasteiger partial charge on any atom is 0.339 e. The van der Waals surface area contributed by atoms with Crippen LogP contribution in [0.4, 0.5) is 5.69 Å². The molecule has 2 amide bonds. The maximum absolute atomic E-state index is 12.5. The Labute approximate surface area is 191 Å². The van der Waals surface area contributed by atoms with Crippen molar-refractivity contribution in [2.24, 2.45) is 5.92 Å². The number of fused-ring (bicyclic) bond motifs is 1. The van der Waals surface area contributed by atoms with Gasteiger partial charge in [-0.25, -0.2) is 4.79 Å². The van der Waals surface area contributed by atoms with Gasteiger partial charge in [-0.2, -0.15) is 0 Å². The number of ether oxygens (including phenoxy) is 3. The molecule has 2 N–H and O–H groups in total. The fraction of sp³-hybridized carbons (Fsp3) is 0.348. The van der Waals surface area contributed by atoms with Crippen LogP contribution < -0.4 is 20.1 Å². The Bertz CT molecular complexity index is 994. The summed E-state index contributed by atoms with van der Waals surface area (Å²) in [6, 6.07) is 11.9. The summed E-state index contributed by atoms with van der Waals surface area (Å²) >= 11 is 1.21. The SMILES string of the molecule is CC(C)[C@H](C)NC(=O)COC(=O)c1ccccc1SCC(=O)Nc1ccc2c(c1)OCO2. The Morgan fingerprint density at radius 1 is 1.03 bits per heavy atom. The van der Waals surface area contributed by atoms with Gasteiger partial charge in [0, 0.05) is 22.7 Å². The third-order valence-electron chi connectivity index (χ3n) is 4.85. The van der Waals surface area contributed by atoms with Crippen LogP contribution in [0.5, 0.6) is 11.5 Å². The molecule has 0 saturated carbocycles. The number of anilines is 1. The van der Waals surface area contributed by atoms with Gasteiger partial charge < -0.3 is 24.8 Å². The molecule has 2 aromatic rings. The van der Waals surface area contributed by atoms with Crippen LogP contribution in [0.25, 0.3) is 0 Å². The monoisotopic (exact) mass is 458 g/mol. The van der Waals surface area contributed by atoms with Crippen LogP contribution in [0.1, 0.15) is 31.1 Å². The predicted molar refractivity (Wildman–Crippen MR) is 121 cm³/mol. The third-order valence-corrected chi connectivity index (χ3v) is 5.92. The molecule has 0 saturated heterocycles. The standard InChI is InChI=1S/C23H26N2O6S/c1-14(2)15(3)24-21(26)11-29-23(28)17-6-4-5-7-20(17)32-12-22(27)25-16-8-9-18-19(10-16)31-13-30-18/h4-10,14-15H,11-13H2,1-3H3,(H,24,26)(H,25,27)/t15-/m0/s1. The highest BCUT2D eigenvalue weighted by atomic mass is 32.2. The molecule has 9 heteroatoms. The smallest absolute Gasteiger partial charge is 0.339 e. The van der Waals surface area contributed by atoms with Gasteiger partial charge in [0.25, 0.3) is 5.91 Å². The van der Waals surface area contributed by atoms with E-state index in [4.69, 9.17) is 14.2 Å². The van der Waals surface area contributed by atoms with Crippen LogP contribution in [-0.4, -0.2) is 43.0 Å². The van der Waals surface area contributed by atoms with Crippen molar-refractivity contribution in [3.8, 4) is 11.5 Å². The molecule has 2 aromatic carbocycles. The molecule has 1 aliphatic rings. The number of carbonyl (C=O) groups is 3. The summed E-state index contributed by atoms with van der Waals surface area (Å²) in [6.07, 6.45) is 0. The Hall–Kier alpha value is -3.20. The second-order valence-electron chi connectivity index (χ2n) is 7.58. The fourth-order valence-electron chi connectivity index (χ4n) is 2.75. The first kappa shape index (κ1) is 23.5. The number of amides is 2. The van der Waals surface area contributed by atoms with Gasteiger partial charge in [0.2, 0.25) is 12.7 Å². The van der Waals surface area contributed by atoms with E-state index in [1.54, 1.807) is 42.5 Å². The largest absolute Gasteiger partial charge is 0.454 e. The van der Waals surface area contributed by atoms with Gasteiger partial charge in [0.15, 0.2) is 18.1 Å². The zero-order chi connectivity index (χ0) is 23.1. The van der Waals surface area contributed by atoms with Gasteiger partial charge in [-0.1, -0.05) is 26.0 Å². The third kappa shape index (κ3) is 6.40. The second-order valence-corrected chi connectivity index (χ2v) is 8.59. The molecular weight excluding hydrogens is 432 g/mol. The van der Waals surface area contributed by atoms with Gasteiger partial charge in [0.05, 0.1) is 11.3 Å². The molecule has 1 atom stereocenters. The van der Waals surface area contributed by atoms with Crippen LogP contribution in [0.3, 0.4) is 0 Å². The van der Waals surface area contributed by atoms with Crippen LogP contribution in [-0.2, 0) is 14.3 Å². The lowest BCUT2D eigenvalue weighted by Crippen LogP contribution is -2.38. The second kappa shape index (κ2) is 10.9. The minimum atomic E-state index is -0.614. The summed E-state index contributed by atoms with van der Waals surface area (Å²) in [4.78, 5) is 37.4. The Morgan fingerprint density at radius 3 is 2.56 bits per heavy atom. The molecule has 0 aromatic heterocycles. The van der Waals surface area contributed by atoms with Crippen LogP contribution >= 0.6 is 11.8 Å². The number of hydrogen-bond acceptors (Lipinski definition) is 7. The van der Waals surface area contributed by atoms with Crippen molar-refractivity contribution >= 4 is 35.2 Å². The van der Waals surface area contributed by atoms with E-state index in [1.165, 1.54) is 11.8 Å². The molecule has 8 nitrogen and oxygen atoms in total. The Morgan fingerprint density at radius 2 is 1.78 bits per heavy atom. The Kier molecular flexibility index (Phi) is 7.99. The van der Waals surface area contributed by atoms with Crippen molar-refractivity contribution in [2.75, 3.05) is 24.5 Å². The van der Waals surface area contributed by atoms with Crippen LogP contribution in [0, 0.1) is 5.92 Å². The lowest BCUT2D eigenvalue weighted by Gasteiger charge is -2.17. The molecule has 32 heavy (non-hydrogen) atoms. The highest BCUT2D eigenvalue weighted by molar-refractivity contribution is 8.00. The maximum atomic E-state index is 12.5. The van der Waals surface area contributed by atoms with Crippen LogP contribution in [0.15, 0.2) is 47.4 Å². The highest BCUT2D eigenvalue weighted by Crippen LogP contribution is 2.34. The minimum absolute atomic E-state index is 0.0210. The summed E-state index contributed by atoms with van der Waals surface area (Å²) in [5, 5.41) is 5.58. The quantitative estimate of drug-likeness (QED) is 0.438. The van der Waals surface area contributed by atoms with Crippen LogP contribution in [0.2, 0.25) is 0 Å². The highest BCUT2D eigenvalue weighted by Gasteiger charge is 2.18. The summed E-state index contributed by atoms with van der Waals surface area (Å²) < 4.78 is 15.7. The summed E-state index contributed by atoms with van der Waals surface area (Å²) in [6.45, 7) is 5.68. The zero-order valence-corrected chi connectivity index (χ0v) is 19.0. The summed E-state index contributed by atoms with van der Waals surface area (Å²) in [7, 11) is 0. The molecule has 170 valence electrons. The lowest BCUT2D eigenvalue weighted by atomic mass is 10.1. The van der Waals surface area contributed by atoms with Gasteiger partial charge >= 0.3 is 5.97 Å². The van der Waals surface area contributed by atoms with E-state index in [9.17, 15) is 14.4 Å². The molecule has 0 bridgehead atoms. The number of hydrogen-bond donors (Lipinski definition) is 2. The van der Waals surface area contributed by atoms with Crippen molar-refractivity contribution in [3.63, 3.8) is 0 Å². The van der Waals surface area contributed by atoms with E-state index in [0.29, 0.717) is 27.6 Å². The normalized spacial score (nSPS) is 12.9. The topological polar surface area (TPSA) is 103 Å². The van der Waals surface area contributed by atoms with E-state index in [-0.39, 0.29) is 42.9 Å². The van der Waals surface area contributed by atoms with Crippen molar-refractivity contribution < 1.29 is 28.6 Å². The number of esters is 1. The first-order valence-electron chi connectivity index (χ1n) is 10.2. The summed E-state index contributed by atoms with van der Waals surface area (Å²) in [5.41, 5.74) is 0.896. The van der Waals surface area contributed by atoms with E-state index in [2.05, 4.69) is 10.6 Å². The number of benzene rings is 2. The van der Waals surface area contributed by atoms with Crippen molar-refractivity contribution in [1.29, 1.82) is 0 Å². The number of thioether (sulfide) groups is 1. The average molecular weight is 459 g/mol. The number of rotatable bonds is 9. The molecule has 0 aliphatic carbocycles. The van der Waals surface area contributed by atoms with Crippen molar-refractivity contribution in [2.45, 2.75) is 31.7 Å². The number of nitrogens with one attached hydrogen (secondary N) is 2. The molecule has 0 unspecified atom stereocenters. The summed E-state index contributed by atoms with van der Waals surface area (Å²) in [5.74, 6) is 0.372. The van der Waals surface area contributed by atoms with Gasteiger partial charge in [-0.05, 0) is 37.1 Å². The molecular formula is C23H26N2O6S. The van der Waals surface area contributed by atoms with Crippen molar-refractivity contribution in [3.05, 3.63) is 48.0 Å². The number of carbonyl (C=O) groups excluding carboxylic acids is 3. The van der Waals surface area contributed by atoms with Gasteiger partial charge in [-0.15, -0.1) is 11.8 Å². The first-order valence-corrected chi connectivity index (χ1v) is 11.2. The average Bonchev–Trinajstić information content (AvgIpc) is 3.24. The van der Waals surface area contributed by atoms with E-state index >= 15 is 0 Å². The molecule has 0 radical (unpaired) electrons. The van der Waals surface area contributed by atoms with E-state index in [0.717, 1.165) is 0 Å². The fourth-order valence-corrected chi connectivity index (χ4v) is 3.59. The molecule has 0 fully saturated rings. The van der Waals surface area contributed by atoms with E-state index < -0.39 is 5.97 Å². The molecule has 1 aliphatic heterocycles. The predicted octanol–water partition coefficient (Wildman–Crippen LogP) is 3.46. The zero-order valence-electron chi connectivity index (χ0n) is 18.2.